The summed E-state index contributed by atoms with van der Waals surface area (Å²) in [6.45, 7) is 1.71. The van der Waals surface area contributed by atoms with Crippen molar-refractivity contribution < 1.29 is 19.1 Å². The van der Waals surface area contributed by atoms with E-state index in [4.69, 9.17) is 4.42 Å². The molecule has 0 spiro atoms. The summed E-state index contributed by atoms with van der Waals surface area (Å²) in [4.78, 5) is 33.1. The molecule has 1 aliphatic carbocycles. The summed E-state index contributed by atoms with van der Waals surface area (Å²) in [5.41, 5.74) is -0.326. The Bertz CT molecular complexity index is 874. The molecular weight excluding hydrogens is 322 g/mol. The van der Waals surface area contributed by atoms with E-state index in [1.165, 1.54) is 0 Å². The molecule has 5 rings (SSSR count). The zero-order valence-electron chi connectivity index (χ0n) is 13.7. The predicted octanol–water partition coefficient (Wildman–Crippen LogP) is 1.59. The molecule has 2 saturated heterocycles. The van der Waals surface area contributed by atoms with Crippen molar-refractivity contribution in [2.75, 3.05) is 31.1 Å². The third-order valence-electron chi connectivity index (χ3n) is 5.89. The summed E-state index contributed by atoms with van der Waals surface area (Å²) in [5.74, 6) is -0.149. The number of carboxylic acid groups (broad SMARTS) is 1. The van der Waals surface area contributed by atoms with Gasteiger partial charge in [-0.15, -0.1) is 0 Å². The second-order valence-electron chi connectivity index (χ2n) is 7.52. The van der Waals surface area contributed by atoms with Gasteiger partial charge in [-0.05, 0) is 30.9 Å². The van der Waals surface area contributed by atoms with E-state index < -0.39 is 17.3 Å². The normalized spacial score (nSPS) is 28.8. The number of hydrogen-bond acceptors (Lipinski definition) is 5. The van der Waals surface area contributed by atoms with E-state index in [0.29, 0.717) is 43.5 Å². The number of nitrogens with zero attached hydrogens (tertiary/aromatic N) is 3. The van der Waals surface area contributed by atoms with Gasteiger partial charge < -0.3 is 19.3 Å². The van der Waals surface area contributed by atoms with E-state index in [9.17, 15) is 14.7 Å². The van der Waals surface area contributed by atoms with E-state index in [0.717, 1.165) is 18.2 Å². The average Bonchev–Trinajstić information content (AvgIpc) is 3.04. The van der Waals surface area contributed by atoms with Crippen molar-refractivity contribution in [3.8, 4) is 0 Å². The maximum atomic E-state index is 12.8. The molecule has 1 N–H and O–H groups in total. The van der Waals surface area contributed by atoms with Crippen LogP contribution in [0, 0.1) is 17.3 Å². The van der Waals surface area contributed by atoms with Gasteiger partial charge in [-0.25, -0.2) is 4.98 Å². The van der Waals surface area contributed by atoms with Crippen LogP contribution in [0.1, 0.15) is 12.8 Å². The summed E-state index contributed by atoms with van der Waals surface area (Å²) in [7, 11) is 0. The Morgan fingerprint density at radius 3 is 2.92 bits per heavy atom. The molecule has 0 unspecified atom stereocenters. The fourth-order valence-electron chi connectivity index (χ4n) is 4.37. The van der Waals surface area contributed by atoms with Crippen LogP contribution in [0.15, 0.2) is 29.0 Å². The molecule has 4 heterocycles. The molecule has 0 aromatic carbocycles. The number of fused-ring (bicyclic) bond motifs is 2. The molecule has 130 valence electrons. The van der Waals surface area contributed by atoms with Gasteiger partial charge in [0.05, 0.1) is 17.6 Å². The zero-order valence-corrected chi connectivity index (χ0v) is 13.7. The maximum Gasteiger partial charge on any atom is 0.314 e. The molecule has 0 bridgehead atoms. The number of anilines is 1. The fraction of sp³-hybridized carbons (Fsp3) is 0.500. The van der Waals surface area contributed by atoms with Crippen LogP contribution in [0.25, 0.3) is 11.0 Å². The molecule has 0 radical (unpaired) electrons. The van der Waals surface area contributed by atoms with Crippen LogP contribution in [0.5, 0.6) is 0 Å². The van der Waals surface area contributed by atoms with Crippen LogP contribution in [0.3, 0.4) is 0 Å². The number of hydrogen-bond donors (Lipinski definition) is 1. The summed E-state index contributed by atoms with van der Waals surface area (Å²) < 4.78 is 5.42. The predicted molar refractivity (Wildman–Crippen MR) is 89.1 cm³/mol. The number of aliphatic carboxylic acids is 1. The molecule has 1 amide bonds. The number of likely N-dealkylation sites (tertiary alicyclic amines) is 1. The number of rotatable bonds is 4. The van der Waals surface area contributed by atoms with Crippen LogP contribution in [0.4, 0.5) is 5.82 Å². The number of aromatic nitrogens is 1. The number of pyridine rings is 1. The van der Waals surface area contributed by atoms with E-state index >= 15 is 0 Å². The van der Waals surface area contributed by atoms with Gasteiger partial charge in [-0.1, -0.05) is 0 Å². The number of furan rings is 1. The van der Waals surface area contributed by atoms with Crippen molar-refractivity contribution in [1.82, 2.24) is 9.88 Å². The Kier molecular flexibility index (Phi) is 2.93. The molecular formula is C18H19N3O4. The van der Waals surface area contributed by atoms with Gasteiger partial charge in [0.15, 0.2) is 0 Å². The quantitative estimate of drug-likeness (QED) is 0.909. The highest BCUT2D eigenvalue weighted by atomic mass is 16.4. The van der Waals surface area contributed by atoms with Crippen molar-refractivity contribution >= 4 is 28.7 Å². The Morgan fingerprint density at radius 2 is 2.20 bits per heavy atom. The van der Waals surface area contributed by atoms with Crippen molar-refractivity contribution in [3.63, 3.8) is 0 Å². The van der Waals surface area contributed by atoms with E-state index in [-0.39, 0.29) is 5.91 Å². The molecule has 7 nitrogen and oxygen atoms in total. The average molecular weight is 341 g/mol. The summed E-state index contributed by atoms with van der Waals surface area (Å²) in [6, 6.07) is 3.62. The number of carbonyl (C=O) groups excluding carboxylic acids is 1. The molecule has 3 aliphatic rings. The Balaban J connectivity index is 1.49. The minimum absolute atomic E-state index is 0.0174. The fourth-order valence-corrected chi connectivity index (χ4v) is 4.37. The van der Waals surface area contributed by atoms with Crippen molar-refractivity contribution in [2.24, 2.45) is 17.3 Å². The zero-order chi connectivity index (χ0) is 17.2. The van der Waals surface area contributed by atoms with Crippen molar-refractivity contribution in [1.29, 1.82) is 0 Å². The molecule has 2 atom stereocenters. The van der Waals surface area contributed by atoms with Crippen molar-refractivity contribution in [2.45, 2.75) is 12.8 Å². The highest BCUT2D eigenvalue weighted by molar-refractivity contribution is 5.95. The lowest BCUT2D eigenvalue weighted by Crippen LogP contribution is -2.41. The van der Waals surface area contributed by atoms with Gasteiger partial charge in [0, 0.05) is 32.4 Å². The van der Waals surface area contributed by atoms with Crippen LogP contribution in [0.2, 0.25) is 0 Å². The van der Waals surface area contributed by atoms with Crippen LogP contribution >= 0.6 is 0 Å². The number of carbonyl (C=O) groups is 2. The number of carboxylic acids is 1. The highest BCUT2D eigenvalue weighted by Crippen LogP contribution is 2.46. The van der Waals surface area contributed by atoms with Gasteiger partial charge in [-0.3, -0.25) is 9.59 Å². The van der Waals surface area contributed by atoms with Gasteiger partial charge in [-0.2, -0.15) is 0 Å². The molecule has 7 heteroatoms. The van der Waals surface area contributed by atoms with Gasteiger partial charge in [0.2, 0.25) is 5.91 Å². The van der Waals surface area contributed by atoms with Crippen LogP contribution in [-0.4, -0.2) is 53.0 Å². The largest absolute Gasteiger partial charge is 0.481 e. The standard InChI is InChI=1S/C18H19N3O4/c22-16-13-8-20(15-12-4-6-25-14(12)3-5-19-15)9-18(13,17(23)24)10-21(16)7-11-1-2-11/h3-6,11,13H,1-2,7-10H2,(H,23,24)/t13-,18-/m0/s1. The first kappa shape index (κ1) is 14.7. The van der Waals surface area contributed by atoms with Crippen LogP contribution in [-0.2, 0) is 9.59 Å². The van der Waals surface area contributed by atoms with E-state index in [2.05, 4.69) is 4.98 Å². The molecule has 1 saturated carbocycles. The van der Waals surface area contributed by atoms with Gasteiger partial charge >= 0.3 is 5.97 Å². The van der Waals surface area contributed by atoms with Gasteiger partial charge in [0.1, 0.15) is 16.8 Å². The minimum atomic E-state index is -1.04. The van der Waals surface area contributed by atoms with Crippen LogP contribution < -0.4 is 4.90 Å². The second-order valence-corrected chi connectivity index (χ2v) is 7.52. The summed E-state index contributed by atoms with van der Waals surface area (Å²) >= 11 is 0. The lowest BCUT2D eigenvalue weighted by molar-refractivity contribution is -0.149. The Hall–Kier alpha value is -2.57. The Labute approximate surface area is 144 Å². The topological polar surface area (TPSA) is 86.9 Å². The Morgan fingerprint density at radius 1 is 1.36 bits per heavy atom. The lowest BCUT2D eigenvalue weighted by Gasteiger charge is -2.26. The third-order valence-corrected chi connectivity index (χ3v) is 5.89. The van der Waals surface area contributed by atoms with Gasteiger partial charge in [0.25, 0.3) is 0 Å². The monoisotopic (exact) mass is 341 g/mol. The second kappa shape index (κ2) is 4.97. The molecule has 2 aromatic heterocycles. The number of amides is 1. The molecule has 2 aliphatic heterocycles. The maximum absolute atomic E-state index is 12.8. The first-order chi connectivity index (χ1) is 12.1. The first-order valence-corrected chi connectivity index (χ1v) is 8.68. The third kappa shape index (κ3) is 2.08. The van der Waals surface area contributed by atoms with Crippen molar-refractivity contribution in [3.05, 3.63) is 24.6 Å². The van der Waals surface area contributed by atoms with E-state index in [1.54, 1.807) is 23.4 Å². The SMILES string of the molecule is O=C1[C@@H]2CN(c3nccc4occc34)C[C@]2(C(=O)O)CN1CC1CC1. The lowest BCUT2D eigenvalue weighted by atomic mass is 9.81. The summed E-state index contributed by atoms with van der Waals surface area (Å²) in [6.07, 6.45) is 5.55. The summed E-state index contributed by atoms with van der Waals surface area (Å²) in [5, 5.41) is 10.8. The molecule has 2 aromatic rings. The minimum Gasteiger partial charge on any atom is -0.481 e. The highest BCUT2D eigenvalue weighted by Gasteiger charge is 2.62. The molecule has 3 fully saturated rings. The first-order valence-electron chi connectivity index (χ1n) is 8.68. The van der Waals surface area contributed by atoms with E-state index in [1.807, 2.05) is 11.0 Å². The smallest absolute Gasteiger partial charge is 0.314 e. The molecule has 25 heavy (non-hydrogen) atoms.